The summed E-state index contributed by atoms with van der Waals surface area (Å²) in [5.41, 5.74) is 5.75. The van der Waals surface area contributed by atoms with Gasteiger partial charge >= 0.3 is 0 Å². The summed E-state index contributed by atoms with van der Waals surface area (Å²) in [7, 11) is 4.32. The quantitative estimate of drug-likeness (QED) is 0.688. The second-order valence-corrected chi connectivity index (χ2v) is 4.80. The predicted octanol–water partition coefficient (Wildman–Crippen LogP) is 2.09. The fraction of sp³-hybridized carbons (Fsp3) is 1.00. The minimum absolute atomic E-state index is 0.342. The minimum atomic E-state index is 0.342. The highest BCUT2D eigenvalue weighted by Gasteiger charge is 2.13. The van der Waals surface area contributed by atoms with E-state index in [9.17, 15) is 0 Å². The third-order valence-corrected chi connectivity index (χ3v) is 2.43. The van der Waals surface area contributed by atoms with E-state index in [0.29, 0.717) is 12.1 Å². The maximum atomic E-state index is 5.75. The molecule has 0 aliphatic carbocycles. The van der Waals surface area contributed by atoms with E-state index in [0.717, 1.165) is 12.3 Å². The zero-order valence-corrected chi connectivity index (χ0v) is 9.88. The third kappa shape index (κ3) is 7.03. The summed E-state index contributed by atoms with van der Waals surface area (Å²) < 4.78 is 0. The van der Waals surface area contributed by atoms with Crippen molar-refractivity contribution in [3.8, 4) is 0 Å². The van der Waals surface area contributed by atoms with E-state index in [1.807, 2.05) is 0 Å². The van der Waals surface area contributed by atoms with Crippen LogP contribution in [-0.4, -0.2) is 31.1 Å². The lowest BCUT2D eigenvalue weighted by molar-refractivity contribution is 0.235. The Bertz CT molecular complexity index is 119. The van der Waals surface area contributed by atoms with Crippen LogP contribution in [0.4, 0.5) is 0 Å². The van der Waals surface area contributed by atoms with Crippen LogP contribution in [0.25, 0.3) is 0 Å². The van der Waals surface area contributed by atoms with E-state index in [1.54, 1.807) is 0 Å². The molecule has 0 fully saturated rings. The zero-order valence-electron chi connectivity index (χ0n) is 9.88. The summed E-state index contributed by atoms with van der Waals surface area (Å²) in [5.74, 6) is 0.778. The zero-order chi connectivity index (χ0) is 10.4. The summed E-state index contributed by atoms with van der Waals surface area (Å²) in [6, 6.07) is 1.04. The summed E-state index contributed by atoms with van der Waals surface area (Å²) >= 11 is 0. The Balaban J connectivity index is 3.81. The second kappa shape index (κ2) is 6.39. The van der Waals surface area contributed by atoms with Gasteiger partial charge < -0.3 is 10.6 Å². The molecule has 0 bridgehead atoms. The Hall–Kier alpha value is -0.0800. The van der Waals surface area contributed by atoms with Gasteiger partial charge in [0.05, 0.1) is 0 Å². The molecule has 0 radical (unpaired) electrons. The van der Waals surface area contributed by atoms with Gasteiger partial charge in [0.1, 0.15) is 0 Å². The van der Waals surface area contributed by atoms with E-state index < -0.39 is 0 Å². The topological polar surface area (TPSA) is 29.3 Å². The van der Waals surface area contributed by atoms with Crippen LogP contribution < -0.4 is 5.73 Å². The maximum absolute atomic E-state index is 5.75. The van der Waals surface area contributed by atoms with Gasteiger partial charge in [-0.3, -0.25) is 0 Å². The van der Waals surface area contributed by atoms with Crippen molar-refractivity contribution in [2.24, 2.45) is 11.7 Å². The first-order valence-corrected chi connectivity index (χ1v) is 5.35. The Morgan fingerprint density at radius 2 is 1.62 bits per heavy atom. The van der Waals surface area contributed by atoms with Crippen molar-refractivity contribution in [2.45, 2.75) is 52.1 Å². The summed E-state index contributed by atoms with van der Waals surface area (Å²) in [6.07, 6.45) is 3.64. The second-order valence-electron chi connectivity index (χ2n) is 4.80. The summed E-state index contributed by atoms with van der Waals surface area (Å²) in [4.78, 5) is 2.32. The molecule has 0 spiro atoms. The van der Waals surface area contributed by atoms with Crippen molar-refractivity contribution in [1.82, 2.24) is 4.90 Å². The van der Waals surface area contributed by atoms with Crippen molar-refractivity contribution < 1.29 is 0 Å². The number of hydrogen-bond acceptors (Lipinski definition) is 2. The lowest BCUT2D eigenvalue weighted by Crippen LogP contribution is -2.31. The van der Waals surface area contributed by atoms with Gasteiger partial charge in [0, 0.05) is 12.1 Å². The molecule has 0 saturated heterocycles. The van der Waals surface area contributed by atoms with Crippen molar-refractivity contribution in [3.05, 3.63) is 0 Å². The van der Waals surface area contributed by atoms with Crippen molar-refractivity contribution in [1.29, 1.82) is 0 Å². The van der Waals surface area contributed by atoms with Gasteiger partial charge in [0.2, 0.25) is 0 Å². The Kier molecular flexibility index (Phi) is 6.35. The van der Waals surface area contributed by atoms with Gasteiger partial charge in [-0.15, -0.1) is 0 Å². The van der Waals surface area contributed by atoms with Crippen molar-refractivity contribution >= 4 is 0 Å². The van der Waals surface area contributed by atoms with E-state index in [1.165, 1.54) is 12.8 Å². The molecule has 13 heavy (non-hydrogen) atoms. The standard InChI is InChI=1S/C11H26N2/c1-9(2)8-11(13(4)5)7-6-10(3)12/h9-11H,6-8,12H2,1-5H3. The highest BCUT2D eigenvalue weighted by Crippen LogP contribution is 2.14. The maximum Gasteiger partial charge on any atom is 0.00921 e. The molecule has 80 valence electrons. The first kappa shape index (κ1) is 12.9. The van der Waals surface area contributed by atoms with Crippen molar-refractivity contribution in [3.63, 3.8) is 0 Å². The molecule has 0 aromatic rings. The van der Waals surface area contributed by atoms with Crippen LogP contribution in [0.3, 0.4) is 0 Å². The molecule has 0 aromatic heterocycles. The minimum Gasteiger partial charge on any atom is -0.328 e. The first-order chi connectivity index (χ1) is 5.93. The van der Waals surface area contributed by atoms with E-state index >= 15 is 0 Å². The lowest BCUT2D eigenvalue weighted by Gasteiger charge is -2.26. The molecule has 0 aliphatic rings. The molecule has 0 rings (SSSR count). The van der Waals surface area contributed by atoms with Crippen LogP contribution in [0.5, 0.6) is 0 Å². The van der Waals surface area contributed by atoms with Gasteiger partial charge in [-0.25, -0.2) is 0 Å². The van der Waals surface area contributed by atoms with E-state index in [-0.39, 0.29) is 0 Å². The molecular weight excluding hydrogens is 160 g/mol. The molecular formula is C11H26N2. The van der Waals surface area contributed by atoms with Crippen LogP contribution in [0.1, 0.15) is 40.0 Å². The number of nitrogens with two attached hydrogens (primary N) is 1. The molecule has 0 amide bonds. The van der Waals surface area contributed by atoms with Gasteiger partial charge in [0.15, 0.2) is 0 Å². The Labute approximate surface area is 83.5 Å². The molecule has 0 aliphatic heterocycles. The van der Waals surface area contributed by atoms with Crippen LogP contribution in [0, 0.1) is 5.92 Å². The fourth-order valence-electron chi connectivity index (χ4n) is 1.59. The molecule has 2 nitrogen and oxygen atoms in total. The number of nitrogens with zero attached hydrogens (tertiary/aromatic N) is 1. The van der Waals surface area contributed by atoms with Gasteiger partial charge in [-0.1, -0.05) is 13.8 Å². The van der Waals surface area contributed by atoms with Crippen LogP contribution in [0.15, 0.2) is 0 Å². The fourth-order valence-corrected chi connectivity index (χ4v) is 1.59. The first-order valence-electron chi connectivity index (χ1n) is 5.35. The molecule has 2 heteroatoms. The molecule has 2 N–H and O–H groups in total. The van der Waals surface area contributed by atoms with Crippen LogP contribution in [0.2, 0.25) is 0 Å². The monoisotopic (exact) mass is 186 g/mol. The normalized spacial score (nSPS) is 16.6. The Morgan fingerprint density at radius 1 is 1.08 bits per heavy atom. The summed E-state index contributed by atoms with van der Waals surface area (Å²) in [5, 5.41) is 0. The van der Waals surface area contributed by atoms with Gasteiger partial charge in [-0.05, 0) is 46.2 Å². The van der Waals surface area contributed by atoms with Crippen molar-refractivity contribution in [2.75, 3.05) is 14.1 Å². The lowest BCUT2D eigenvalue weighted by atomic mass is 9.97. The number of rotatable bonds is 6. The average Bonchev–Trinajstić information content (AvgIpc) is 1.96. The number of hydrogen-bond donors (Lipinski definition) is 1. The molecule has 0 aromatic carbocycles. The largest absolute Gasteiger partial charge is 0.328 e. The molecule has 0 heterocycles. The third-order valence-electron chi connectivity index (χ3n) is 2.43. The average molecular weight is 186 g/mol. The van der Waals surface area contributed by atoms with E-state index in [2.05, 4.69) is 39.8 Å². The molecule has 2 unspecified atom stereocenters. The molecule has 0 saturated carbocycles. The highest BCUT2D eigenvalue weighted by atomic mass is 15.1. The van der Waals surface area contributed by atoms with Crippen LogP contribution >= 0.6 is 0 Å². The highest BCUT2D eigenvalue weighted by molar-refractivity contribution is 4.70. The predicted molar refractivity (Wildman–Crippen MR) is 59.8 cm³/mol. The summed E-state index contributed by atoms with van der Waals surface area (Å²) in [6.45, 7) is 6.65. The smallest absolute Gasteiger partial charge is 0.00921 e. The Morgan fingerprint density at radius 3 is 1.92 bits per heavy atom. The van der Waals surface area contributed by atoms with Gasteiger partial charge in [0.25, 0.3) is 0 Å². The van der Waals surface area contributed by atoms with Gasteiger partial charge in [-0.2, -0.15) is 0 Å². The molecule has 2 atom stereocenters. The van der Waals surface area contributed by atoms with E-state index in [4.69, 9.17) is 5.73 Å². The SMILES string of the molecule is CC(C)CC(CCC(C)N)N(C)C. The van der Waals surface area contributed by atoms with Crippen LogP contribution in [-0.2, 0) is 0 Å².